The van der Waals surface area contributed by atoms with Crippen LogP contribution in [0.5, 0.6) is 0 Å². The van der Waals surface area contributed by atoms with Gasteiger partial charge in [0.25, 0.3) is 0 Å². The molecule has 0 amide bonds. The van der Waals surface area contributed by atoms with Gasteiger partial charge in [-0.1, -0.05) is 6.92 Å². The van der Waals surface area contributed by atoms with Gasteiger partial charge in [0.15, 0.2) is 0 Å². The first kappa shape index (κ1) is 13.8. The fourth-order valence-corrected chi connectivity index (χ4v) is 5.65. The Hall–Kier alpha value is -0.160. The highest BCUT2D eigenvalue weighted by molar-refractivity contribution is 9.10. The Labute approximate surface area is 131 Å². The molecule has 2 aromatic rings. The van der Waals surface area contributed by atoms with Gasteiger partial charge < -0.3 is 5.32 Å². The maximum absolute atomic E-state index is 3.71. The third-order valence-electron chi connectivity index (χ3n) is 3.90. The lowest BCUT2D eigenvalue weighted by atomic mass is 9.80. The largest absolute Gasteiger partial charge is 0.310 e. The molecule has 0 saturated heterocycles. The van der Waals surface area contributed by atoms with Crippen LogP contribution < -0.4 is 5.32 Å². The van der Waals surface area contributed by atoms with Crippen molar-refractivity contribution in [1.29, 1.82) is 0 Å². The van der Waals surface area contributed by atoms with Crippen LogP contribution in [0.4, 0.5) is 0 Å². The standard InChI is InChI=1S/C15H18BrNS2/c1-2-17-15(12-8-18-9-13(12)16)11-4-3-5-14-10(11)6-7-19-14/h6-9,11,15,17H,2-5H2,1H3. The summed E-state index contributed by atoms with van der Waals surface area (Å²) in [6.45, 7) is 3.22. The van der Waals surface area contributed by atoms with E-state index in [1.807, 2.05) is 11.3 Å². The highest BCUT2D eigenvalue weighted by atomic mass is 79.9. The summed E-state index contributed by atoms with van der Waals surface area (Å²) in [6, 6.07) is 2.79. The molecule has 1 N–H and O–H groups in total. The molecule has 0 fully saturated rings. The molecule has 2 aromatic heterocycles. The second-order valence-corrected chi connectivity index (χ2v) is 7.61. The van der Waals surface area contributed by atoms with Crippen molar-refractivity contribution >= 4 is 38.6 Å². The van der Waals surface area contributed by atoms with Gasteiger partial charge in [-0.05, 0) is 69.7 Å². The molecule has 0 aromatic carbocycles. The van der Waals surface area contributed by atoms with Gasteiger partial charge in [0, 0.05) is 26.7 Å². The number of nitrogens with one attached hydrogen (secondary N) is 1. The molecule has 0 saturated carbocycles. The highest BCUT2D eigenvalue weighted by Gasteiger charge is 2.30. The van der Waals surface area contributed by atoms with Gasteiger partial charge in [0.1, 0.15) is 0 Å². The van der Waals surface area contributed by atoms with Crippen molar-refractivity contribution in [2.75, 3.05) is 6.54 Å². The molecule has 0 radical (unpaired) electrons. The van der Waals surface area contributed by atoms with Gasteiger partial charge in [0.2, 0.25) is 0 Å². The van der Waals surface area contributed by atoms with Crippen LogP contribution in [0.1, 0.15) is 47.7 Å². The first-order valence-electron chi connectivity index (χ1n) is 6.82. The molecule has 1 nitrogen and oxygen atoms in total. The minimum atomic E-state index is 0.444. The molecule has 102 valence electrons. The number of hydrogen-bond donors (Lipinski definition) is 1. The van der Waals surface area contributed by atoms with Crippen LogP contribution in [-0.2, 0) is 6.42 Å². The summed E-state index contributed by atoms with van der Waals surface area (Å²) in [5.41, 5.74) is 3.01. The van der Waals surface area contributed by atoms with Gasteiger partial charge in [-0.2, -0.15) is 11.3 Å². The number of fused-ring (bicyclic) bond motifs is 1. The zero-order valence-corrected chi connectivity index (χ0v) is 14.2. The molecule has 1 aliphatic carbocycles. The number of rotatable bonds is 4. The first-order valence-corrected chi connectivity index (χ1v) is 9.44. The molecule has 2 heterocycles. The van der Waals surface area contributed by atoms with Crippen LogP contribution in [0.15, 0.2) is 26.7 Å². The minimum Gasteiger partial charge on any atom is -0.310 e. The van der Waals surface area contributed by atoms with Crippen LogP contribution in [0.2, 0.25) is 0 Å². The quantitative estimate of drug-likeness (QED) is 0.779. The summed E-state index contributed by atoms with van der Waals surface area (Å²) in [7, 11) is 0. The normalized spacial score (nSPS) is 20.2. The average molecular weight is 356 g/mol. The van der Waals surface area contributed by atoms with Crippen LogP contribution in [0.25, 0.3) is 0 Å². The number of halogens is 1. The van der Waals surface area contributed by atoms with Crippen molar-refractivity contribution < 1.29 is 0 Å². The predicted molar refractivity (Wildman–Crippen MR) is 88.4 cm³/mol. The third-order valence-corrected chi connectivity index (χ3v) is 6.65. The molecule has 0 spiro atoms. The van der Waals surface area contributed by atoms with E-state index in [1.54, 1.807) is 21.8 Å². The van der Waals surface area contributed by atoms with E-state index in [2.05, 4.69) is 50.4 Å². The lowest BCUT2D eigenvalue weighted by molar-refractivity contribution is 0.411. The Morgan fingerprint density at radius 3 is 3.11 bits per heavy atom. The third kappa shape index (κ3) is 2.68. The van der Waals surface area contributed by atoms with Crippen molar-refractivity contribution in [2.24, 2.45) is 0 Å². The second-order valence-electron chi connectivity index (χ2n) is 5.01. The Kier molecular flexibility index (Phi) is 4.42. The zero-order chi connectivity index (χ0) is 13.2. The van der Waals surface area contributed by atoms with Crippen LogP contribution in [0.3, 0.4) is 0 Å². The predicted octanol–water partition coefficient (Wildman–Crippen LogP) is 5.34. The van der Waals surface area contributed by atoms with Crippen molar-refractivity contribution in [3.8, 4) is 0 Å². The van der Waals surface area contributed by atoms with E-state index in [1.165, 1.54) is 29.3 Å². The van der Waals surface area contributed by atoms with Crippen LogP contribution in [0, 0.1) is 0 Å². The average Bonchev–Trinajstić information content (AvgIpc) is 3.04. The summed E-state index contributed by atoms with van der Waals surface area (Å²) in [5.74, 6) is 0.626. The van der Waals surface area contributed by atoms with E-state index in [4.69, 9.17) is 0 Å². The minimum absolute atomic E-state index is 0.444. The van der Waals surface area contributed by atoms with E-state index in [0.717, 1.165) is 6.54 Å². The van der Waals surface area contributed by atoms with Crippen LogP contribution >= 0.6 is 38.6 Å². The van der Waals surface area contributed by atoms with Crippen molar-refractivity contribution in [3.05, 3.63) is 42.7 Å². The Morgan fingerprint density at radius 2 is 2.37 bits per heavy atom. The highest BCUT2D eigenvalue weighted by Crippen LogP contribution is 2.44. The summed E-state index contributed by atoms with van der Waals surface area (Å²) >= 11 is 7.42. The van der Waals surface area contributed by atoms with Crippen molar-refractivity contribution in [3.63, 3.8) is 0 Å². The van der Waals surface area contributed by atoms with Gasteiger partial charge in [-0.15, -0.1) is 11.3 Å². The van der Waals surface area contributed by atoms with E-state index in [9.17, 15) is 0 Å². The molecule has 4 heteroatoms. The Morgan fingerprint density at radius 1 is 1.47 bits per heavy atom. The Bertz CT molecular complexity index is 546. The monoisotopic (exact) mass is 355 g/mol. The van der Waals surface area contributed by atoms with Gasteiger partial charge in [-0.25, -0.2) is 0 Å². The first-order chi connectivity index (χ1) is 9.31. The van der Waals surface area contributed by atoms with E-state index in [-0.39, 0.29) is 0 Å². The molecule has 3 rings (SSSR count). The molecule has 2 atom stereocenters. The molecule has 0 bridgehead atoms. The SMILES string of the molecule is CCNC(c1cscc1Br)C1CCCc2sccc21. The topological polar surface area (TPSA) is 12.0 Å². The fraction of sp³-hybridized carbons (Fsp3) is 0.467. The molecule has 0 aliphatic heterocycles. The Balaban J connectivity index is 1.96. The summed E-state index contributed by atoms with van der Waals surface area (Å²) in [4.78, 5) is 1.60. The number of hydrogen-bond acceptors (Lipinski definition) is 3. The maximum Gasteiger partial charge on any atom is 0.0409 e. The van der Waals surface area contributed by atoms with Gasteiger partial charge in [0.05, 0.1) is 0 Å². The van der Waals surface area contributed by atoms with E-state index >= 15 is 0 Å². The molecule has 2 unspecified atom stereocenters. The second kappa shape index (κ2) is 6.08. The zero-order valence-electron chi connectivity index (χ0n) is 11.0. The lowest BCUT2D eigenvalue weighted by Crippen LogP contribution is -2.28. The van der Waals surface area contributed by atoms with Crippen molar-refractivity contribution in [1.82, 2.24) is 5.32 Å². The summed E-state index contributed by atoms with van der Waals surface area (Å²) in [5, 5.41) is 10.4. The lowest BCUT2D eigenvalue weighted by Gasteiger charge is -2.31. The summed E-state index contributed by atoms with van der Waals surface area (Å²) < 4.78 is 1.26. The van der Waals surface area contributed by atoms with Crippen LogP contribution in [-0.4, -0.2) is 6.54 Å². The van der Waals surface area contributed by atoms with E-state index < -0.39 is 0 Å². The molecule has 19 heavy (non-hydrogen) atoms. The molecular weight excluding hydrogens is 338 g/mol. The molecule has 1 aliphatic rings. The number of aryl methyl sites for hydroxylation is 1. The number of thiophene rings is 2. The van der Waals surface area contributed by atoms with Gasteiger partial charge in [-0.3, -0.25) is 0 Å². The maximum atomic E-state index is 3.71. The number of likely N-dealkylation sites (N-methyl/N-ethyl adjacent to an activating group) is 1. The van der Waals surface area contributed by atoms with E-state index in [0.29, 0.717) is 12.0 Å². The fourth-order valence-electron chi connectivity index (χ4n) is 3.07. The van der Waals surface area contributed by atoms with Crippen molar-refractivity contribution in [2.45, 2.75) is 38.1 Å². The van der Waals surface area contributed by atoms with Gasteiger partial charge >= 0.3 is 0 Å². The smallest absolute Gasteiger partial charge is 0.0409 e. The molecular formula is C15H18BrNS2. The summed E-state index contributed by atoms with van der Waals surface area (Å²) in [6.07, 6.45) is 3.89.